The number of hydrogen-bond acceptors (Lipinski definition) is 14. The lowest BCUT2D eigenvalue weighted by Gasteiger charge is -2.21. The fourth-order valence-corrected chi connectivity index (χ4v) is 11.1. The lowest BCUT2D eigenvalue weighted by molar-refractivity contribution is -0.161. The third-order valence-corrected chi connectivity index (χ3v) is 17.2. The van der Waals surface area contributed by atoms with Crippen molar-refractivity contribution in [2.24, 2.45) is 0 Å². The summed E-state index contributed by atoms with van der Waals surface area (Å²) in [5.41, 5.74) is 0. The normalized spacial score (nSPS) is 15.1. The Morgan fingerprint density at radius 1 is 0.272 bits per heavy atom. The minimum Gasteiger partial charge on any atom is -0.463 e. The number of rotatable bonds is 71. The minimum absolute atomic E-state index is 0.0705. The predicted octanol–water partition coefficient (Wildman–Crippen LogP) is 22.8. The van der Waals surface area contributed by atoms with Crippen molar-refractivity contribution >= 4 is 33.6 Å². The van der Waals surface area contributed by atoms with E-state index in [1.807, 2.05) is 0 Å². The predicted molar refractivity (Wildman–Crippen MR) is 426 cm³/mol. The van der Waals surface area contributed by atoms with E-state index in [2.05, 4.69) is 215 Å². The van der Waals surface area contributed by atoms with Crippen LogP contribution in [0.2, 0.25) is 0 Å². The molecule has 0 aliphatic heterocycles. The molecule has 0 aliphatic carbocycles. The van der Waals surface area contributed by atoms with E-state index in [-0.39, 0.29) is 19.3 Å². The first-order valence-corrected chi connectivity index (χ1v) is 41.7. The highest BCUT2D eigenvalue weighted by molar-refractivity contribution is 7.47. The van der Waals surface area contributed by atoms with E-state index in [1.54, 1.807) is 0 Å². The summed E-state index contributed by atoms with van der Waals surface area (Å²) in [5, 5.41) is 20.6. The Hall–Kier alpha value is -5.61. The van der Waals surface area contributed by atoms with Crippen LogP contribution in [-0.4, -0.2) is 95.9 Å². The van der Waals surface area contributed by atoms with Gasteiger partial charge < -0.3 is 34.2 Å². The van der Waals surface area contributed by atoms with Crippen LogP contribution < -0.4 is 0 Å². The van der Waals surface area contributed by atoms with E-state index in [9.17, 15) is 43.5 Å². The van der Waals surface area contributed by atoms with E-state index in [1.165, 1.54) is 0 Å². The summed E-state index contributed by atoms with van der Waals surface area (Å²) in [6.07, 6.45) is 98.9. The molecule has 0 radical (unpaired) electrons. The smallest absolute Gasteiger partial charge is 0.463 e. The molecule has 0 fully saturated rings. The average molecular weight is 1480 g/mol. The summed E-state index contributed by atoms with van der Waals surface area (Å²) in [4.78, 5) is 58.7. The molecule has 4 N–H and O–H groups in total. The zero-order valence-corrected chi connectivity index (χ0v) is 65.2. The molecule has 0 amide bonds. The number of allylic oxidation sites excluding steroid dienone is 32. The number of aliphatic hydroxyl groups is 2. The number of aliphatic hydroxyl groups excluding tert-OH is 2. The number of hydrogen-bond donors (Lipinski definition) is 4. The standard InChI is InChI=1S/C85H136O16P2/c1-4-7-10-13-16-19-22-25-28-31-34-37-39-42-44-47-50-53-56-59-62-65-68-71-83(88)95-74-80(86)75-97-102(91,92)98-76-81(87)77-99-103(93,94)100-79-82(101-85(90)73-70-67-64-61-58-55-52-49-46-41-36-33-30-27-24-21-18-15-12-9-6-3)78-96-84(89)72-69-66-63-60-57-54-51-48-45-43-40-38-35-32-29-26-23-20-17-14-11-8-5-2/h7-12,16-21,25-30,34-38,41-45,49-50,52-53,80-82,86-87H,4-6,13-15,22-24,31-33,39-40,46-48,51,54-79H2,1-3H3,(H,91,92)(H,93,94)/b10-7-,11-8-,12-9-,19-16-,20-17-,21-18-,28-25-,29-26-,30-27-,37-34-,38-35-,41-36-,44-42-,45-43-,52-49-,53-50-. The molecule has 5 atom stereocenters. The molecule has 103 heavy (non-hydrogen) atoms. The molecule has 0 aromatic rings. The summed E-state index contributed by atoms with van der Waals surface area (Å²) in [6, 6.07) is 0. The second-order valence-electron chi connectivity index (χ2n) is 25.0. The number of carbonyl (C=O) groups excluding carboxylic acids is 3. The van der Waals surface area contributed by atoms with E-state index < -0.39 is 91.5 Å². The van der Waals surface area contributed by atoms with E-state index in [4.69, 9.17) is 32.3 Å². The molecule has 0 aromatic heterocycles. The zero-order valence-electron chi connectivity index (χ0n) is 63.4. The van der Waals surface area contributed by atoms with Crippen LogP contribution in [0.4, 0.5) is 0 Å². The van der Waals surface area contributed by atoms with Gasteiger partial charge >= 0.3 is 33.6 Å². The van der Waals surface area contributed by atoms with Crippen LogP contribution in [-0.2, 0) is 55.8 Å². The molecule has 0 rings (SSSR count). The number of unbranched alkanes of at least 4 members (excludes halogenated alkanes) is 16. The van der Waals surface area contributed by atoms with Gasteiger partial charge in [-0.1, -0.05) is 279 Å². The van der Waals surface area contributed by atoms with Gasteiger partial charge in [0.05, 0.1) is 26.4 Å². The summed E-state index contributed by atoms with van der Waals surface area (Å²) >= 11 is 0. The fourth-order valence-electron chi connectivity index (χ4n) is 9.51. The highest BCUT2D eigenvalue weighted by atomic mass is 31.2. The Morgan fingerprint density at radius 3 is 0.767 bits per heavy atom. The minimum atomic E-state index is -4.95. The topological polar surface area (TPSA) is 231 Å². The van der Waals surface area contributed by atoms with Crippen molar-refractivity contribution in [2.45, 2.75) is 283 Å². The summed E-state index contributed by atoms with van der Waals surface area (Å²) < 4.78 is 61.1. The Bertz CT molecular complexity index is 2650. The molecule has 0 bridgehead atoms. The maximum atomic E-state index is 13.0. The second kappa shape index (κ2) is 76.1. The Balaban J connectivity index is 4.79. The van der Waals surface area contributed by atoms with Crippen molar-refractivity contribution in [1.82, 2.24) is 0 Å². The van der Waals surface area contributed by atoms with Crippen LogP contribution in [0.25, 0.3) is 0 Å². The number of phosphoric acid groups is 2. The van der Waals surface area contributed by atoms with E-state index >= 15 is 0 Å². The van der Waals surface area contributed by atoms with Gasteiger partial charge in [-0.25, -0.2) is 9.13 Å². The molecular weight excluding hydrogens is 1340 g/mol. The molecule has 18 heteroatoms. The maximum absolute atomic E-state index is 13.0. The number of esters is 3. The largest absolute Gasteiger partial charge is 0.472 e. The van der Waals surface area contributed by atoms with Crippen LogP contribution in [0.1, 0.15) is 265 Å². The van der Waals surface area contributed by atoms with E-state index in [0.29, 0.717) is 19.3 Å². The molecule has 582 valence electrons. The lowest BCUT2D eigenvalue weighted by Crippen LogP contribution is -2.30. The van der Waals surface area contributed by atoms with Gasteiger partial charge in [0.2, 0.25) is 0 Å². The first kappa shape index (κ1) is 97.4. The molecule has 0 heterocycles. The van der Waals surface area contributed by atoms with Crippen LogP contribution in [0.5, 0.6) is 0 Å². The average Bonchev–Trinajstić information content (AvgIpc) is 0.922. The highest BCUT2D eigenvalue weighted by Crippen LogP contribution is 2.45. The molecule has 16 nitrogen and oxygen atoms in total. The van der Waals surface area contributed by atoms with Crippen molar-refractivity contribution in [3.05, 3.63) is 194 Å². The van der Waals surface area contributed by atoms with Crippen LogP contribution in [0.3, 0.4) is 0 Å². The van der Waals surface area contributed by atoms with Crippen molar-refractivity contribution < 1.29 is 75.8 Å². The van der Waals surface area contributed by atoms with Gasteiger partial charge in [-0.3, -0.25) is 32.5 Å². The molecule has 0 saturated carbocycles. The van der Waals surface area contributed by atoms with Crippen LogP contribution in [0, 0.1) is 0 Å². The molecule has 5 unspecified atom stereocenters. The second-order valence-corrected chi connectivity index (χ2v) is 27.9. The van der Waals surface area contributed by atoms with Gasteiger partial charge in [0.25, 0.3) is 0 Å². The number of phosphoric ester groups is 2. The molecule has 0 saturated heterocycles. The maximum Gasteiger partial charge on any atom is 0.472 e. The SMILES string of the molecule is CC/C=C\C/C=C\C/C=C\C/C=C\C/C=C\C/C=C\CCCCCCC(=O)OCC(O)COP(=O)(O)OCC(O)COP(=O)(O)OCC(COC(=O)CCCCCCCCC/C=C\C/C=C\C/C=C\C/C=C\C/C=C\CC)OC(=O)CCCCCCC/C=C\C/C=C\C/C=C\C/C=C\C/C=C\CC. The fraction of sp³-hybridized carbons (Fsp3) is 0.588. The van der Waals surface area contributed by atoms with Gasteiger partial charge in [-0.05, 0) is 161 Å². The number of carbonyl (C=O) groups is 3. The summed E-state index contributed by atoms with van der Waals surface area (Å²) in [7, 11) is -9.83. The van der Waals surface area contributed by atoms with Gasteiger partial charge in [0, 0.05) is 19.3 Å². The first-order valence-electron chi connectivity index (χ1n) is 38.7. The lowest BCUT2D eigenvalue weighted by atomic mass is 10.1. The van der Waals surface area contributed by atoms with Crippen molar-refractivity contribution in [3.63, 3.8) is 0 Å². The van der Waals surface area contributed by atoms with Crippen molar-refractivity contribution in [1.29, 1.82) is 0 Å². The monoisotopic (exact) mass is 1470 g/mol. The van der Waals surface area contributed by atoms with Gasteiger partial charge in [0.1, 0.15) is 25.4 Å². The third-order valence-electron chi connectivity index (χ3n) is 15.3. The summed E-state index contributed by atoms with van der Waals surface area (Å²) in [5.74, 6) is -1.65. The van der Waals surface area contributed by atoms with Crippen LogP contribution >= 0.6 is 15.6 Å². The zero-order chi connectivity index (χ0) is 75.2. The van der Waals surface area contributed by atoms with Gasteiger partial charge in [-0.15, -0.1) is 0 Å². The van der Waals surface area contributed by atoms with Crippen molar-refractivity contribution in [2.75, 3.05) is 39.6 Å². The van der Waals surface area contributed by atoms with Crippen LogP contribution in [0.15, 0.2) is 194 Å². The highest BCUT2D eigenvalue weighted by Gasteiger charge is 2.29. The molecule has 0 spiro atoms. The first-order chi connectivity index (χ1) is 50.2. The Labute approximate surface area is 623 Å². The Morgan fingerprint density at radius 2 is 0.485 bits per heavy atom. The molecule has 0 aliphatic rings. The van der Waals surface area contributed by atoms with Crippen molar-refractivity contribution in [3.8, 4) is 0 Å². The van der Waals surface area contributed by atoms with E-state index in [0.717, 1.165) is 205 Å². The van der Waals surface area contributed by atoms with Gasteiger partial charge in [0.15, 0.2) is 6.10 Å². The third kappa shape index (κ3) is 77.3. The quantitative estimate of drug-likeness (QED) is 0.0146. The summed E-state index contributed by atoms with van der Waals surface area (Å²) in [6.45, 7) is 2.24. The van der Waals surface area contributed by atoms with Gasteiger partial charge in [-0.2, -0.15) is 0 Å². The Kier molecular flexibility index (Phi) is 71.9. The number of ether oxygens (including phenoxy) is 3. The molecule has 0 aromatic carbocycles. The molecular formula is C85H136O16P2.